The number of halogens is 6. The van der Waals surface area contributed by atoms with Crippen molar-refractivity contribution in [2.24, 2.45) is 0 Å². The summed E-state index contributed by atoms with van der Waals surface area (Å²) in [5.41, 5.74) is -4.92. The van der Waals surface area contributed by atoms with Crippen molar-refractivity contribution in [2.75, 3.05) is 0 Å². The van der Waals surface area contributed by atoms with Gasteiger partial charge in [0, 0.05) is 0 Å². The molecule has 0 radical (unpaired) electrons. The molecule has 0 heterocycles. The van der Waals surface area contributed by atoms with E-state index in [1.807, 2.05) is 0 Å². The first-order valence-corrected chi connectivity index (χ1v) is 7.88. The molecule has 0 atom stereocenters. The molecule has 0 amide bonds. The first-order chi connectivity index (χ1) is 13.1. The molecule has 146 valence electrons. The van der Waals surface area contributed by atoms with E-state index in [1.165, 1.54) is 0 Å². The number of phenols is 2. The van der Waals surface area contributed by atoms with Gasteiger partial charge in [-0.25, -0.2) is 13.2 Å². The number of alkyl halides is 3. The van der Waals surface area contributed by atoms with E-state index in [-0.39, 0.29) is 23.6 Å². The average molecular weight is 398 g/mol. The normalized spacial score (nSPS) is 12.2. The van der Waals surface area contributed by atoms with E-state index in [4.69, 9.17) is 0 Å². The third kappa shape index (κ3) is 3.04. The topological polar surface area (TPSA) is 40.5 Å². The lowest BCUT2D eigenvalue weighted by Crippen LogP contribution is -2.44. The zero-order valence-electron chi connectivity index (χ0n) is 13.9. The largest absolute Gasteiger partial charge is 0.508 e. The third-order valence-electron chi connectivity index (χ3n) is 4.44. The van der Waals surface area contributed by atoms with Gasteiger partial charge in [0.1, 0.15) is 16.9 Å². The van der Waals surface area contributed by atoms with Gasteiger partial charge in [-0.1, -0.05) is 24.3 Å². The van der Waals surface area contributed by atoms with Crippen molar-refractivity contribution in [3.63, 3.8) is 0 Å². The Morgan fingerprint density at radius 2 is 0.929 bits per heavy atom. The van der Waals surface area contributed by atoms with Gasteiger partial charge in [0.2, 0.25) is 0 Å². The lowest BCUT2D eigenvalue weighted by molar-refractivity contribution is -0.166. The van der Waals surface area contributed by atoms with E-state index in [2.05, 4.69) is 0 Å². The van der Waals surface area contributed by atoms with Crippen LogP contribution < -0.4 is 0 Å². The third-order valence-corrected chi connectivity index (χ3v) is 4.44. The Kier molecular flexibility index (Phi) is 4.74. The van der Waals surface area contributed by atoms with Gasteiger partial charge >= 0.3 is 6.18 Å². The second-order valence-electron chi connectivity index (χ2n) is 6.10. The van der Waals surface area contributed by atoms with Crippen LogP contribution in [-0.4, -0.2) is 16.4 Å². The van der Waals surface area contributed by atoms with E-state index >= 15 is 0 Å². The molecule has 3 aromatic carbocycles. The van der Waals surface area contributed by atoms with Crippen LogP contribution in [0, 0.1) is 17.5 Å². The molecule has 0 aliphatic carbocycles. The van der Waals surface area contributed by atoms with Crippen molar-refractivity contribution in [1.82, 2.24) is 0 Å². The summed E-state index contributed by atoms with van der Waals surface area (Å²) < 4.78 is 84.7. The smallest absolute Gasteiger partial charge is 0.406 e. The van der Waals surface area contributed by atoms with Crippen LogP contribution in [-0.2, 0) is 5.41 Å². The van der Waals surface area contributed by atoms with E-state index in [0.717, 1.165) is 48.5 Å². The maximum Gasteiger partial charge on any atom is 0.406 e. The number of aromatic hydroxyl groups is 2. The molecule has 0 bridgehead atoms. The molecule has 3 rings (SSSR count). The average Bonchev–Trinajstić information content (AvgIpc) is 2.62. The van der Waals surface area contributed by atoms with Crippen LogP contribution in [0.5, 0.6) is 11.5 Å². The number of rotatable bonds is 3. The minimum absolute atomic E-state index is 0.283. The Morgan fingerprint density at radius 1 is 0.571 bits per heavy atom. The minimum atomic E-state index is -5.13. The van der Waals surface area contributed by atoms with Gasteiger partial charge in [0.05, 0.1) is 0 Å². The SMILES string of the molecule is Oc1ccc(C(c2ccc(O)cc2)(c2cc(F)c(F)c(F)c2)C(F)(F)F)cc1. The minimum Gasteiger partial charge on any atom is -0.508 e. The highest BCUT2D eigenvalue weighted by atomic mass is 19.4. The second-order valence-corrected chi connectivity index (χ2v) is 6.10. The number of hydrogen-bond donors (Lipinski definition) is 2. The van der Waals surface area contributed by atoms with E-state index in [0.29, 0.717) is 0 Å². The molecule has 8 heteroatoms. The molecule has 2 nitrogen and oxygen atoms in total. The molecule has 0 aliphatic rings. The molecule has 0 fully saturated rings. The fourth-order valence-corrected chi connectivity index (χ4v) is 3.19. The van der Waals surface area contributed by atoms with Crippen LogP contribution in [0.3, 0.4) is 0 Å². The van der Waals surface area contributed by atoms with Crippen molar-refractivity contribution in [3.8, 4) is 11.5 Å². The molecule has 0 aliphatic heterocycles. The highest BCUT2D eigenvalue weighted by Crippen LogP contribution is 2.52. The van der Waals surface area contributed by atoms with Gasteiger partial charge in [0.15, 0.2) is 17.5 Å². The molecule has 0 saturated carbocycles. The Hall–Kier alpha value is -3.16. The highest BCUT2D eigenvalue weighted by Gasteiger charge is 2.58. The Balaban J connectivity index is 2.47. The molecule has 0 unspecified atom stereocenters. The van der Waals surface area contributed by atoms with E-state index in [1.54, 1.807) is 0 Å². The molecule has 3 aromatic rings. The summed E-state index contributed by atoms with van der Waals surface area (Å²) in [6.07, 6.45) is -5.13. The summed E-state index contributed by atoms with van der Waals surface area (Å²) in [4.78, 5) is 0. The van der Waals surface area contributed by atoms with E-state index in [9.17, 15) is 36.6 Å². The Morgan fingerprint density at radius 3 is 1.25 bits per heavy atom. The van der Waals surface area contributed by atoms with Crippen LogP contribution in [0.15, 0.2) is 60.7 Å². The van der Waals surface area contributed by atoms with Gasteiger partial charge < -0.3 is 10.2 Å². The van der Waals surface area contributed by atoms with Crippen molar-refractivity contribution >= 4 is 0 Å². The fraction of sp³-hybridized carbons (Fsp3) is 0.100. The standard InChI is InChI=1S/C20H12F6O2/c21-16-9-13(10-17(22)18(16)23)19(20(24,25)26,11-1-5-14(27)6-2-11)12-3-7-15(28)8-4-12/h1-10,27-28H. The molecule has 0 saturated heterocycles. The molecule has 0 spiro atoms. The quantitative estimate of drug-likeness (QED) is 0.352. The van der Waals surface area contributed by atoms with Crippen LogP contribution >= 0.6 is 0 Å². The lowest BCUT2D eigenvalue weighted by Gasteiger charge is -2.37. The molecular formula is C20H12F6O2. The van der Waals surface area contributed by atoms with Gasteiger partial charge in [-0.15, -0.1) is 0 Å². The predicted molar refractivity (Wildman–Crippen MR) is 88.5 cm³/mol. The van der Waals surface area contributed by atoms with Gasteiger partial charge in [-0.3, -0.25) is 0 Å². The first-order valence-electron chi connectivity index (χ1n) is 7.88. The molecule has 28 heavy (non-hydrogen) atoms. The van der Waals surface area contributed by atoms with Crippen molar-refractivity contribution in [2.45, 2.75) is 11.6 Å². The summed E-state index contributed by atoms with van der Waals surface area (Å²) in [5.74, 6) is -6.08. The zero-order valence-corrected chi connectivity index (χ0v) is 13.9. The first kappa shape index (κ1) is 19.6. The number of phenolic OH excluding ortho intramolecular Hbond substituents is 2. The predicted octanol–water partition coefficient (Wildman–Crippen LogP) is 5.41. The number of hydrogen-bond acceptors (Lipinski definition) is 2. The lowest BCUT2D eigenvalue weighted by atomic mass is 9.68. The second kappa shape index (κ2) is 6.78. The Bertz CT molecular complexity index is 926. The van der Waals surface area contributed by atoms with E-state index < -0.39 is 45.7 Å². The van der Waals surface area contributed by atoms with Crippen molar-refractivity contribution < 1.29 is 36.6 Å². The summed E-state index contributed by atoms with van der Waals surface area (Å²) in [6.45, 7) is 0. The monoisotopic (exact) mass is 398 g/mol. The van der Waals surface area contributed by atoms with Crippen LogP contribution in [0.25, 0.3) is 0 Å². The molecular weight excluding hydrogens is 386 g/mol. The van der Waals surface area contributed by atoms with Gasteiger partial charge in [0.25, 0.3) is 0 Å². The van der Waals surface area contributed by atoms with Crippen LogP contribution in [0.4, 0.5) is 26.3 Å². The van der Waals surface area contributed by atoms with Crippen LogP contribution in [0.2, 0.25) is 0 Å². The van der Waals surface area contributed by atoms with Gasteiger partial charge in [-0.05, 0) is 53.1 Å². The summed E-state index contributed by atoms with van der Waals surface area (Å²) in [6, 6.07) is 8.35. The van der Waals surface area contributed by atoms with Crippen molar-refractivity contribution in [1.29, 1.82) is 0 Å². The molecule has 0 aromatic heterocycles. The maximum atomic E-state index is 14.5. The maximum absolute atomic E-state index is 14.5. The van der Waals surface area contributed by atoms with Gasteiger partial charge in [-0.2, -0.15) is 13.2 Å². The van der Waals surface area contributed by atoms with Crippen molar-refractivity contribution in [3.05, 3.63) is 94.8 Å². The highest BCUT2D eigenvalue weighted by molar-refractivity contribution is 5.54. The summed E-state index contributed by atoms with van der Waals surface area (Å²) >= 11 is 0. The van der Waals surface area contributed by atoms with Crippen LogP contribution in [0.1, 0.15) is 16.7 Å². The summed E-state index contributed by atoms with van der Waals surface area (Å²) in [7, 11) is 0. The number of benzene rings is 3. The fourth-order valence-electron chi connectivity index (χ4n) is 3.19. The zero-order chi connectivity index (χ0) is 20.7. The molecule has 2 N–H and O–H groups in total. The Labute approximate surface area is 155 Å². The summed E-state index contributed by atoms with van der Waals surface area (Å²) in [5, 5.41) is 18.9.